The summed E-state index contributed by atoms with van der Waals surface area (Å²) >= 11 is 0. The van der Waals surface area contributed by atoms with Gasteiger partial charge in [-0.2, -0.15) is 5.26 Å². The largest absolute Gasteiger partial charge is 0.328 e. The van der Waals surface area contributed by atoms with E-state index in [1.807, 2.05) is 12.1 Å². The number of aryl methyl sites for hydroxylation is 2. The summed E-state index contributed by atoms with van der Waals surface area (Å²) < 4.78 is 2.32. The monoisotopic (exact) mass is 348 g/mol. The minimum Gasteiger partial charge on any atom is -0.328 e. The summed E-state index contributed by atoms with van der Waals surface area (Å²) in [6.45, 7) is 1.03. The molecule has 1 aromatic heterocycles. The lowest BCUT2D eigenvalue weighted by Crippen LogP contribution is -2.27. The van der Waals surface area contributed by atoms with Crippen LogP contribution in [-0.4, -0.2) is 15.5 Å². The predicted octanol–water partition coefficient (Wildman–Crippen LogP) is 4.18. The van der Waals surface area contributed by atoms with Crippen molar-refractivity contribution < 1.29 is 4.79 Å². The van der Waals surface area contributed by atoms with Gasteiger partial charge in [0, 0.05) is 24.1 Å². The van der Waals surface area contributed by atoms with E-state index in [1.54, 1.807) is 0 Å². The Morgan fingerprint density at radius 1 is 1.19 bits per heavy atom. The molecule has 1 amide bonds. The zero-order chi connectivity index (χ0) is 17.8. The van der Waals surface area contributed by atoms with Crippen molar-refractivity contribution in [2.45, 2.75) is 64.3 Å². The fourth-order valence-corrected chi connectivity index (χ4v) is 5.31. The smallest absolute Gasteiger partial charge is 0.245 e. The highest BCUT2D eigenvalue weighted by Crippen LogP contribution is 2.71. The molecule has 1 aromatic carbocycles. The Labute approximate surface area is 153 Å². The Kier molecular flexibility index (Phi) is 3.40. The number of carbonyl (C=O) groups is 1. The third kappa shape index (κ3) is 2.14. The molecule has 2 saturated carbocycles. The molecule has 1 spiro atoms. The highest BCUT2D eigenvalue weighted by atomic mass is 16.2. The van der Waals surface area contributed by atoms with Crippen molar-refractivity contribution in [1.29, 1.82) is 5.26 Å². The van der Waals surface area contributed by atoms with Gasteiger partial charge in [-0.25, -0.2) is 4.98 Å². The molecule has 1 unspecified atom stereocenters. The number of benzene rings is 1. The van der Waals surface area contributed by atoms with Gasteiger partial charge in [-0.3, -0.25) is 4.79 Å². The highest BCUT2D eigenvalue weighted by molar-refractivity contribution is 6.01. The Hall–Kier alpha value is -2.35. The number of nitrogens with zero attached hydrogens (tertiary/aromatic N) is 3. The minimum atomic E-state index is -0.816. The summed E-state index contributed by atoms with van der Waals surface area (Å²) in [5, 5.41) is 12.7. The maximum absolute atomic E-state index is 12.9. The molecule has 2 heterocycles. The quantitative estimate of drug-likeness (QED) is 0.885. The van der Waals surface area contributed by atoms with Gasteiger partial charge in [-0.05, 0) is 50.3 Å². The Bertz CT molecular complexity index is 931. The molecular weight excluding hydrogens is 324 g/mol. The molecule has 0 bridgehead atoms. The van der Waals surface area contributed by atoms with E-state index in [1.165, 1.54) is 19.3 Å². The number of rotatable bonds is 2. The van der Waals surface area contributed by atoms with Crippen molar-refractivity contribution in [2.24, 2.45) is 10.8 Å². The molecule has 2 aliphatic carbocycles. The van der Waals surface area contributed by atoms with Crippen LogP contribution in [0.15, 0.2) is 18.2 Å². The van der Waals surface area contributed by atoms with Crippen molar-refractivity contribution >= 4 is 22.6 Å². The summed E-state index contributed by atoms with van der Waals surface area (Å²) in [7, 11) is 0. The molecule has 3 aliphatic rings. The number of aromatic nitrogens is 2. The van der Waals surface area contributed by atoms with Gasteiger partial charge in [0.15, 0.2) is 0 Å². The number of imidazole rings is 1. The van der Waals surface area contributed by atoms with E-state index in [0.717, 1.165) is 67.6 Å². The molecule has 5 nitrogen and oxygen atoms in total. The third-order valence-corrected chi connectivity index (χ3v) is 6.89. The van der Waals surface area contributed by atoms with E-state index >= 15 is 0 Å². The highest BCUT2D eigenvalue weighted by Gasteiger charge is 2.72. The molecule has 5 heteroatoms. The fraction of sp³-hybridized carbons (Fsp3) is 0.571. The van der Waals surface area contributed by atoms with Gasteiger partial charge in [0.2, 0.25) is 5.91 Å². The molecule has 0 radical (unpaired) electrons. The van der Waals surface area contributed by atoms with Crippen molar-refractivity contribution in [3.8, 4) is 6.07 Å². The van der Waals surface area contributed by atoms with Crippen LogP contribution in [0.4, 0.5) is 5.69 Å². The average molecular weight is 348 g/mol. The van der Waals surface area contributed by atoms with Crippen LogP contribution in [0.3, 0.4) is 0 Å². The molecule has 5 rings (SSSR count). The Morgan fingerprint density at radius 3 is 2.85 bits per heavy atom. The van der Waals surface area contributed by atoms with Gasteiger partial charge in [0.05, 0.1) is 17.1 Å². The number of nitrogens with one attached hydrogen (secondary N) is 1. The lowest BCUT2D eigenvalue weighted by Gasteiger charge is -2.15. The average Bonchev–Trinajstić information content (AvgIpc) is 2.95. The maximum Gasteiger partial charge on any atom is 0.245 e. The molecule has 1 aliphatic heterocycles. The SMILES string of the molecule is N#CC1(C(=O)Nc2ccc3c(c2)nc2n3CCCCC2)CC12CCCC2. The standard InChI is InChI=1S/C21H24N4O/c22-14-21(13-20(21)9-3-4-10-20)19(26)23-15-7-8-17-16(12-15)24-18-6-2-1-5-11-25(17)18/h7-8,12H,1-6,9-11,13H2,(H,23,26). The van der Waals surface area contributed by atoms with Crippen LogP contribution in [0.5, 0.6) is 0 Å². The zero-order valence-corrected chi connectivity index (χ0v) is 15.1. The second kappa shape index (κ2) is 5.57. The van der Waals surface area contributed by atoms with Crippen LogP contribution < -0.4 is 5.32 Å². The van der Waals surface area contributed by atoms with E-state index < -0.39 is 5.41 Å². The van der Waals surface area contributed by atoms with Gasteiger partial charge in [-0.15, -0.1) is 0 Å². The number of carbonyl (C=O) groups excluding carboxylic acids is 1. The summed E-state index contributed by atoms with van der Waals surface area (Å²) in [6, 6.07) is 8.33. The first-order valence-corrected chi connectivity index (χ1v) is 9.89. The Balaban J connectivity index is 1.42. The number of hydrogen-bond donors (Lipinski definition) is 1. The summed E-state index contributed by atoms with van der Waals surface area (Å²) in [5.41, 5.74) is 1.97. The summed E-state index contributed by atoms with van der Waals surface area (Å²) in [4.78, 5) is 17.7. The van der Waals surface area contributed by atoms with E-state index in [9.17, 15) is 10.1 Å². The second-order valence-electron chi connectivity index (χ2n) is 8.33. The third-order valence-electron chi connectivity index (χ3n) is 6.89. The number of amides is 1. The number of anilines is 1. The van der Waals surface area contributed by atoms with Crippen molar-refractivity contribution in [3.05, 3.63) is 24.0 Å². The number of fused-ring (bicyclic) bond motifs is 3. The van der Waals surface area contributed by atoms with Gasteiger partial charge < -0.3 is 9.88 Å². The molecule has 2 fully saturated rings. The first kappa shape index (κ1) is 15.9. The van der Waals surface area contributed by atoms with Crippen LogP contribution in [0, 0.1) is 22.2 Å². The Morgan fingerprint density at radius 2 is 2.04 bits per heavy atom. The van der Waals surface area contributed by atoms with Gasteiger partial charge in [0.25, 0.3) is 0 Å². The first-order valence-electron chi connectivity index (χ1n) is 9.89. The van der Waals surface area contributed by atoms with Gasteiger partial charge >= 0.3 is 0 Å². The van der Waals surface area contributed by atoms with Crippen LogP contribution in [0.25, 0.3) is 11.0 Å². The second-order valence-corrected chi connectivity index (χ2v) is 8.33. The van der Waals surface area contributed by atoms with E-state index in [0.29, 0.717) is 0 Å². The van der Waals surface area contributed by atoms with E-state index in [-0.39, 0.29) is 11.3 Å². The molecule has 1 N–H and O–H groups in total. The van der Waals surface area contributed by atoms with E-state index in [2.05, 4.69) is 22.0 Å². The number of hydrogen-bond acceptors (Lipinski definition) is 3. The van der Waals surface area contributed by atoms with Crippen molar-refractivity contribution in [3.63, 3.8) is 0 Å². The summed E-state index contributed by atoms with van der Waals surface area (Å²) in [6.07, 6.45) is 9.72. The van der Waals surface area contributed by atoms with Gasteiger partial charge in [-0.1, -0.05) is 19.3 Å². The molecule has 0 saturated heterocycles. The van der Waals surface area contributed by atoms with Crippen molar-refractivity contribution in [2.75, 3.05) is 5.32 Å². The van der Waals surface area contributed by atoms with Gasteiger partial charge in [0.1, 0.15) is 11.2 Å². The van der Waals surface area contributed by atoms with Crippen LogP contribution in [0.1, 0.15) is 57.2 Å². The topological polar surface area (TPSA) is 70.7 Å². The lowest BCUT2D eigenvalue weighted by molar-refractivity contribution is -0.120. The minimum absolute atomic E-state index is 0.0539. The normalized spacial score (nSPS) is 26.3. The first-order chi connectivity index (χ1) is 12.7. The lowest BCUT2D eigenvalue weighted by atomic mass is 9.91. The maximum atomic E-state index is 12.9. The van der Waals surface area contributed by atoms with Crippen molar-refractivity contribution in [1.82, 2.24) is 9.55 Å². The van der Waals surface area contributed by atoms with Crippen LogP contribution >= 0.6 is 0 Å². The van der Waals surface area contributed by atoms with Crippen LogP contribution in [0.2, 0.25) is 0 Å². The molecule has 2 aromatic rings. The zero-order valence-electron chi connectivity index (χ0n) is 15.1. The van der Waals surface area contributed by atoms with E-state index in [4.69, 9.17) is 4.98 Å². The molecule has 134 valence electrons. The summed E-state index contributed by atoms with van der Waals surface area (Å²) in [5.74, 6) is 1.03. The molecule has 1 atom stereocenters. The van der Waals surface area contributed by atoms with Crippen LogP contribution in [-0.2, 0) is 17.8 Å². The number of nitriles is 1. The fourth-order valence-electron chi connectivity index (χ4n) is 5.31. The predicted molar refractivity (Wildman–Crippen MR) is 99.5 cm³/mol. The molecular formula is C21H24N4O. The molecule has 26 heavy (non-hydrogen) atoms.